The predicted octanol–water partition coefficient (Wildman–Crippen LogP) is 1.40. The average Bonchev–Trinajstić information content (AvgIpc) is 2.41. The van der Waals surface area contributed by atoms with Gasteiger partial charge >= 0.3 is 6.09 Å². The second-order valence-corrected chi connectivity index (χ2v) is 3.82. The first-order valence-electron chi connectivity index (χ1n) is 5.95. The first kappa shape index (κ1) is 15.9. The minimum atomic E-state index is -1.09. The van der Waals surface area contributed by atoms with Crippen LogP contribution in [-0.4, -0.2) is 42.5 Å². The molecule has 0 aliphatic rings. The van der Waals surface area contributed by atoms with Gasteiger partial charge in [0.05, 0.1) is 31.4 Å². The number of ether oxygens (including phenoxy) is 2. The summed E-state index contributed by atoms with van der Waals surface area (Å²) in [4.78, 5) is 20.2. The third-order valence-corrected chi connectivity index (χ3v) is 2.28. The highest BCUT2D eigenvalue weighted by atomic mass is 16.6. The van der Waals surface area contributed by atoms with Gasteiger partial charge in [0, 0.05) is 18.7 Å². The smallest absolute Gasteiger partial charge is 0.404 e. The number of nitrogens with zero attached hydrogens (tertiary/aromatic N) is 1. The summed E-state index contributed by atoms with van der Waals surface area (Å²) in [6.45, 7) is 1.41. The van der Waals surface area contributed by atoms with E-state index in [0.717, 1.165) is 0 Å². The highest BCUT2D eigenvalue weighted by molar-refractivity contribution is 5.64. The van der Waals surface area contributed by atoms with Gasteiger partial charge < -0.3 is 19.9 Å². The molecule has 0 bridgehead atoms. The number of carbonyl (C=O) groups is 1. The number of hydrogen-bond donors (Lipinski definition) is 2. The summed E-state index contributed by atoms with van der Waals surface area (Å²) >= 11 is 0. The molecular formula is C12H16N2O6. The van der Waals surface area contributed by atoms with Crippen LogP contribution in [-0.2, 0) is 16.1 Å². The Morgan fingerprint density at radius 3 is 2.75 bits per heavy atom. The van der Waals surface area contributed by atoms with E-state index in [-0.39, 0.29) is 25.4 Å². The van der Waals surface area contributed by atoms with E-state index in [2.05, 4.69) is 5.32 Å². The molecule has 1 amide bonds. The first-order valence-corrected chi connectivity index (χ1v) is 5.95. The fraction of sp³-hybridized carbons (Fsp3) is 0.417. The molecule has 0 fully saturated rings. The Morgan fingerprint density at radius 2 is 2.05 bits per heavy atom. The van der Waals surface area contributed by atoms with E-state index in [4.69, 9.17) is 14.6 Å². The maximum atomic E-state index is 10.6. The van der Waals surface area contributed by atoms with Crippen molar-refractivity contribution in [1.29, 1.82) is 0 Å². The van der Waals surface area contributed by atoms with Crippen molar-refractivity contribution in [1.82, 2.24) is 5.32 Å². The lowest BCUT2D eigenvalue weighted by Crippen LogP contribution is -2.25. The molecule has 8 heteroatoms. The molecule has 20 heavy (non-hydrogen) atoms. The fourth-order valence-corrected chi connectivity index (χ4v) is 1.40. The minimum absolute atomic E-state index is 0.0297. The molecular weight excluding hydrogens is 268 g/mol. The summed E-state index contributed by atoms with van der Waals surface area (Å²) in [5, 5.41) is 21.0. The van der Waals surface area contributed by atoms with Gasteiger partial charge in [-0.15, -0.1) is 0 Å². The number of carboxylic acid groups (broad SMARTS) is 1. The largest absolute Gasteiger partial charge is 0.465 e. The predicted molar refractivity (Wildman–Crippen MR) is 69.6 cm³/mol. The molecule has 0 radical (unpaired) electrons. The van der Waals surface area contributed by atoms with Crippen LogP contribution in [0.5, 0.6) is 0 Å². The maximum absolute atomic E-state index is 10.6. The first-order chi connectivity index (χ1) is 9.59. The number of non-ortho nitro benzene ring substituents is 1. The zero-order valence-electron chi connectivity index (χ0n) is 10.8. The van der Waals surface area contributed by atoms with Crippen LogP contribution in [0.3, 0.4) is 0 Å². The van der Waals surface area contributed by atoms with Crippen LogP contribution in [0, 0.1) is 10.1 Å². The summed E-state index contributed by atoms with van der Waals surface area (Å²) in [5.41, 5.74) is 0.744. The Morgan fingerprint density at radius 1 is 1.30 bits per heavy atom. The third-order valence-electron chi connectivity index (χ3n) is 2.28. The van der Waals surface area contributed by atoms with E-state index in [1.807, 2.05) is 0 Å². The standard InChI is InChI=1S/C12H16N2O6/c15-12(16)13-4-5-19-6-7-20-9-10-2-1-3-11(8-10)14(17)18/h1-3,8,13H,4-7,9H2,(H,15,16). The molecule has 0 aromatic heterocycles. The average molecular weight is 284 g/mol. The molecule has 0 atom stereocenters. The highest BCUT2D eigenvalue weighted by Crippen LogP contribution is 2.13. The second-order valence-electron chi connectivity index (χ2n) is 3.82. The monoisotopic (exact) mass is 284 g/mol. The highest BCUT2D eigenvalue weighted by Gasteiger charge is 2.05. The summed E-state index contributed by atoms with van der Waals surface area (Å²) in [6, 6.07) is 6.22. The van der Waals surface area contributed by atoms with Crippen LogP contribution in [0.25, 0.3) is 0 Å². The van der Waals surface area contributed by atoms with Crippen LogP contribution in [0.15, 0.2) is 24.3 Å². The molecule has 0 heterocycles. The zero-order chi connectivity index (χ0) is 14.8. The Labute approximate surface area is 115 Å². The lowest BCUT2D eigenvalue weighted by Gasteiger charge is -2.06. The molecule has 8 nitrogen and oxygen atoms in total. The van der Waals surface area contributed by atoms with Crippen molar-refractivity contribution in [2.75, 3.05) is 26.4 Å². The minimum Gasteiger partial charge on any atom is -0.465 e. The molecule has 0 saturated heterocycles. The van der Waals surface area contributed by atoms with Gasteiger partial charge in [-0.25, -0.2) is 4.79 Å². The lowest BCUT2D eigenvalue weighted by atomic mass is 10.2. The van der Waals surface area contributed by atoms with Crippen molar-refractivity contribution in [2.45, 2.75) is 6.61 Å². The van der Waals surface area contributed by atoms with Crippen LogP contribution in [0.2, 0.25) is 0 Å². The van der Waals surface area contributed by atoms with Crippen LogP contribution >= 0.6 is 0 Å². The van der Waals surface area contributed by atoms with E-state index in [1.165, 1.54) is 12.1 Å². The van der Waals surface area contributed by atoms with Crippen LogP contribution in [0.4, 0.5) is 10.5 Å². The van der Waals surface area contributed by atoms with Crippen LogP contribution < -0.4 is 5.32 Å². The van der Waals surface area contributed by atoms with E-state index >= 15 is 0 Å². The number of nitrogens with one attached hydrogen (secondary N) is 1. The second kappa shape index (κ2) is 8.83. The van der Waals surface area contributed by atoms with Crippen molar-refractivity contribution < 1.29 is 24.3 Å². The maximum Gasteiger partial charge on any atom is 0.404 e. The van der Waals surface area contributed by atoms with Crippen LogP contribution in [0.1, 0.15) is 5.56 Å². The van der Waals surface area contributed by atoms with E-state index in [9.17, 15) is 14.9 Å². The molecule has 110 valence electrons. The number of nitro groups is 1. The fourth-order valence-electron chi connectivity index (χ4n) is 1.40. The van der Waals surface area contributed by atoms with Gasteiger partial charge in [0.25, 0.3) is 5.69 Å². The molecule has 0 spiro atoms. The molecule has 0 unspecified atom stereocenters. The summed E-state index contributed by atoms with van der Waals surface area (Å²) in [7, 11) is 0. The number of amides is 1. The van der Waals surface area contributed by atoms with E-state index < -0.39 is 11.0 Å². The molecule has 0 saturated carbocycles. The van der Waals surface area contributed by atoms with E-state index in [1.54, 1.807) is 12.1 Å². The van der Waals surface area contributed by atoms with Gasteiger partial charge in [-0.1, -0.05) is 12.1 Å². The number of nitro benzene ring substituents is 1. The Hall–Kier alpha value is -2.19. The van der Waals surface area contributed by atoms with Crippen molar-refractivity contribution in [3.05, 3.63) is 39.9 Å². The van der Waals surface area contributed by atoms with Gasteiger partial charge in [0.2, 0.25) is 0 Å². The molecule has 0 aliphatic heterocycles. The zero-order valence-corrected chi connectivity index (χ0v) is 10.8. The molecule has 1 rings (SSSR count). The summed E-state index contributed by atoms with van der Waals surface area (Å²) in [6.07, 6.45) is -1.09. The lowest BCUT2D eigenvalue weighted by molar-refractivity contribution is -0.384. The molecule has 1 aromatic carbocycles. The van der Waals surface area contributed by atoms with E-state index in [0.29, 0.717) is 18.8 Å². The van der Waals surface area contributed by atoms with Gasteiger partial charge in [0.1, 0.15) is 0 Å². The van der Waals surface area contributed by atoms with Gasteiger partial charge in [-0.2, -0.15) is 0 Å². The van der Waals surface area contributed by atoms with Crippen molar-refractivity contribution in [3.63, 3.8) is 0 Å². The normalized spacial score (nSPS) is 10.2. The quantitative estimate of drug-likeness (QED) is 0.403. The van der Waals surface area contributed by atoms with Crippen molar-refractivity contribution >= 4 is 11.8 Å². The topological polar surface area (TPSA) is 111 Å². The summed E-state index contributed by atoms with van der Waals surface area (Å²) < 4.78 is 10.4. The Kier molecular flexibility index (Phi) is 7.01. The Bertz CT molecular complexity index is 451. The number of hydrogen-bond acceptors (Lipinski definition) is 5. The molecule has 0 aliphatic carbocycles. The molecule has 1 aromatic rings. The third kappa shape index (κ3) is 6.66. The number of benzene rings is 1. The summed E-state index contributed by atoms with van der Waals surface area (Å²) in [5.74, 6) is 0. The van der Waals surface area contributed by atoms with Gasteiger partial charge in [-0.05, 0) is 5.56 Å². The van der Waals surface area contributed by atoms with Gasteiger partial charge in [0.15, 0.2) is 0 Å². The van der Waals surface area contributed by atoms with Gasteiger partial charge in [-0.3, -0.25) is 10.1 Å². The SMILES string of the molecule is O=C(O)NCCOCCOCc1cccc([N+](=O)[O-])c1. The Balaban J connectivity index is 2.11. The number of rotatable bonds is 9. The van der Waals surface area contributed by atoms with Crippen molar-refractivity contribution in [2.24, 2.45) is 0 Å². The molecule has 2 N–H and O–H groups in total. The van der Waals surface area contributed by atoms with Crippen molar-refractivity contribution in [3.8, 4) is 0 Å².